The number of nitrogens with one attached hydrogen (secondary N) is 4. The van der Waals surface area contributed by atoms with Crippen LogP contribution in [0.5, 0.6) is 5.75 Å². The lowest BCUT2D eigenvalue weighted by Gasteiger charge is -2.25. The maximum absolute atomic E-state index is 13.9. The number of aliphatic hydroxyl groups excluding tert-OH is 1. The van der Waals surface area contributed by atoms with Gasteiger partial charge in [-0.05, 0) is 83.3 Å². The number of carboxylic acids is 1. The smallest absolute Gasteiger partial charge is 0.357 e. The lowest BCUT2D eigenvalue weighted by atomic mass is 9.99. The number of aliphatic carboxylic acids is 1. The van der Waals surface area contributed by atoms with Crippen LogP contribution in [-0.4, -0.2) is 82.1 Å². The van der Waals surface area contributed by atoms with Crippen molar-refractivity contribution in [2.45, 2.75) is 56.8 Å². The van der Waals surface area contributed by atoms with Crippen molar-refractivity contribution < 1.29 is 47.7 Å². The van der Waals surface area contributed by atoms with E-state index in [0.29, 0.717) is 17.7 Å². The number of rotatable bonds is 8. The molecule has 2 aliphatic rings. The van der Waals surface area contributed by atoms with Gasteiger partial charge in [0.15, 0.2) is 12.4 Å². The molecule has 0 saturated heterocycles. The molecule has 4 amide bonds. The number of nitrogens with zero attached hydrogens (tertiary/aromatic N) is 1. The summed E-state index contributed by atoms with van der Waals surface area (Å²) in [6, 6.07) is 24.0. The SMILES string of the molecule is C=C(O)C(N)(F)F.Cc1cccs1.O=C1COc2ccc(cc2)C[C@@H](C(=O)O)NC(=O)[C@H](CCc2ccccc2)NC(=O)[C@@H](Cc2ccc(-c3ccncc3)cc2)NC(=O)CN1. The van der Waals surface area contributed by atoms with Crippen molar-refractivity contribution in [3.63, 3.8) is 0 Å². The zero-order valence-corrected chi connectivity index (χ0v) is 34.6. The molecule has 2 aromatic heterocycles. The van der Waals surface area contributed by atoms with Crippen molar-refractivity contribution in [2.24, 2.45) is 5.73 Å². The van der Waals surface area contributed by atoms with E-state index < -0.39 is 66.1 Å². The van der Waals surface area contributed by atoms with Crippen LogP contribution in [0.15, 0.2) is 133 Å². The Morgan fingerprint density at radius 3 is 2.02 bits per heavy atom. The van der Waals surface area contributed by atoms with E-state index in [1.807, 2.05) is 66.7 Å². The number of carboxylic acid groups (broad SMARTS) is 1. The minimum Gasteiger partial charge on any atom is -0.506 e. The Kier molecular flexibility index (Phi) is 18.2. The lowest BCUT2D eigenvalue weighted by Crippen LogP contribution is -2.57. The molecule has 8 N–H and O–H groups in total. The molecule has 4 heterocycles. The second kappa shape index (κ2) is 23.7. The Morgan fingerprint density at radius 2 is 1.45 bits per heavy atom. The molecule has 0 fully saturated rings. The second-order valence-electron chi connectivity index (χ2n) is 13.9. The van der Waals surface area contributed by atoms with Gasteiger partial charge in [-0.15, -0.1) is 11.3 Å². The molecule has 3 atom stereocenters. The van der Waals surface area contributed by atoms with Gasteiger partial charge in [-0.2, -0.15) is 8.78 Å². The van der Waals surface area contributed by atoms with Gasteiger partial charge in [-0.25, -0.2) is 4.79 Å². The number of aromatic nitrogens is 1. The van der Waals surface area contributed by atoms with Gasteiger partial charge in [0, 0.05) is 30.1 Å². The van der Waals surface area contributed by atoms with E-state index in [1.54, 1.807) is 48.0 Å². The van der Waals surface area contributed by atoms with Crippen molar-refractivity contribution in [3.8, 4) is 16.9 Å². The van der Waals surface area contributed by atoms with Gasteiger partial charge in [0.1, 0.15) is 23.9 Å². The number of hydrogen-bond acceptors (Lipinski definition) is 10. The first kappa shape index (κ1) is 47.7. The number of pyridine rings is 1. The molecule has 0 aliphatic carbocycles. The van der Waals surface area contributed by atoms with Crippen LogP contribution in [0.25, 0.3) is 11.1 Å². The monoisotopic (exact) mass is 870 g/mol. The standard InChI is InChI=1S/C37H37N5O7.C5H6S.C3H5F2NO/c43-33-22-39-34(44)23-49-29-13-8-26(9-14-29)21-32(37(47)48)42-35(45)30(15-10-24-4-2-1-3-5-24)41-36(46)31(40-33)20-25-6-11-27(12-7-25)28-16-18-38-19-17-28;1-5-3-2-4-6-5;1-2(7)3(4,5)6/h1-9,11-14,16-19,30-32H,10,15,20-23H2,(H,39,44)(H,40,43)(H,41,46)(H,42,45)(H,47,48);2-4H,1H3;7H,1,6H2/t30-,31+,32-;;/m0../s1. The highest BCUT2D eigenvalue weighted by molar-refractivity contribution is 7.09. The van der Waals surface area contributed by atoms with Crippen molar-refractivity contribution >= 4 is 40.9 Å². The summed E-state index contributed by atoms with van der Waals surface area (Å²) >= 11 is 1.78. The number of hydrogen-bond donors (Lipinski definition) is 7. The van der Waals surface area contributed by atoms with Gasteiger partial charge < -0.3 is 36.2 Å². The van der Waals surface area contributed by atoms with Crippen LogP contribution in [0.4, 0.5) is 8.78 Å². The zero-order chi connectivity index (χ0) is 45.1. The highest BCUT2D eigenvalue weighted by Crippen LogP contribution is 2.20. The third kappa shape index (κ3) is 16.6. The van der Waals surface area contributed by atoms with Crippen LogP contribution < -0.4 is 31.7 Å². The third-order valence-corrected chi connectivity index (χ3v) is 9.90. The molecule has 3 aromatic carbocycles. The number of alkyl halides is 2. The summed E-state index contributed by atoms with van der Waals surface area (Å²) in [5.41, 5.74) is 8.15. The number of carbonyl (C=O) groups excluding carboxylic acids is 4. The van der Waals surface area contributed by atoms with E-state index >= 15 is 0 Å². The number of thiophene rings is 1. The van der Waals surface area contributed by atoms with Crippen LogP contribution in [0.3, 0.4) is 0 Å². The summed E-state index contributed by atoms with van der Waals surface area (Å²) in [5.74, 6) is -4.68. The van der Waals surface area contributed by atoms with E-state index in [2.05, 4.69) is 63.0 Å². The van der Waals surface area contributed by atoms with Crippen molar-refractivity contribution in [1.82, 2.24) is 26.3 Å². The molecule has 2 bridgehead atoms. The summed E-state index contributed by atoms with van der Waals surface area (Å²) in [7, 11) is 0. The maximum Gasteiger partial charge on any atom is 0.357 e. The van der Waals surface area contributed by atoms with E-state index in [4.69, 9.17) is 9.84 Å². The second-order valence-corrected chi connectivity index (χ2v) is 15.1. The van der Waals surface area contributed by atoms with Crippen LogP contribution in [-0.2, 0) is 43.2 Å². The Morgan fingerprint density at radius 1 is 0.823 bits per heavy atom. The summed E-state index contributed by atoms with van der Waals surface area (Å²) in [5, 5.41) is 30.4. The highest BCUT2D eigenvalue weighted by Gasteiger charge is 2.30. The highest BCUT2D eigenvalue weighted by atomic mass is 32.1. The fourth-order valence-corrected chi connectivity index (χ4v) is 6.26. The molecule has 0 unspecified atom stereocenters. The zero-order valence-electron chi connectivity index (χ0n) is 33.8. The molecule has 326 valence electrons. The Balaban J connectivity index is 0.000000558. The van der Waals surface area contributed by atoms with Crippen molar-refractivity contribution in [1.29, 1.82) is 0 Å². The summed E-state index contributed by atoms with van der Waals surface area (Å²) in [6.07, 6.45) is 4.00. The maximum atomic E-state index is 13.9. The molecular weight excluding hydrogens is 823 g/mol. The number of fused-ring (bicyclic) bond motifs is 16. The molecule has 0 saturated carbocycles. The van der Waals surface area contributed by atoms with Gasteiger partial charge in [-0.1, -0.05) is 79.4 Å². The average molecular weight is 871 g/mol. The molecule has 0 radical (unpaired) electrons. The first-order chi connectivity index (χ1) is 29.6. The third-order valence-electron chi connectivity index (χ3n) is 9.10. The Bertz CT molecular complexity index is 2220. The van der Waals surface area contributed by atoms with Gasteiger partial charge >= 0.3 is 12.0 Å². The molecular formula is C45H48F2N6O8S. The quantitative estimate of drug-likeness (QED) is 0.0636. The van der Waals surface area contributed by atoms with Gasteiger partial charge in [-0.3, -0.25) is 29.9 Å². The molecule has 62 heavy (non-hydrogen) atoms. The number of halogens is 2. The Hall–Kier alpha value is -6.98. The van der Waals surface area contributed by atoms with E-state index in [-0.39, 0.29) is 25.9 Å². The van der Waals surface area contributed by atoms with Gasteiger partial charge in [0.25, 0.3) is 5.91 Å². The number of aryl methyl sites for hydroxylation is 2. The van der Waals surface area contributed by atoms with Crippen LogP contribution in [0, 0.1) is 6.92 Å². The number of carbonyl (C=O) groups is 5. The molecule has 17 heteroatoms. The van der Waals surface area contributed by atoms with Crippen LogP contribution in [0.2, 0.25) is 0 Å². The number of ether oxygens (including phenoxy) is 1. The largest absolute Gasteiger partial charge is 0.506 e. The normalized spacial score (nSPS) is 17.3. The first-order valence-corrected chi connectivity index (χ1v) is 20.1. The van der Waals surface area contributed by atoms with Crippen molar-refractivity contribution in [3.05, 3.63) is 155 Å². The predicted molar refractivity (Wildman–Crippen MR) is 230 cm³/mol. The minimum atomic E-state index is -3.64. The van der Waals surface area contributed by atoms with Crippen LogP contribution >= 0.6 is 11.3 Å². The summed E-state index contributed by atoms with van der Waals surface area (Å²) in [6.45, 7) is 3.83. The molecule has 0 spiro atoms. The van der Waals surface area contributed by atoms with E-state index in [1.165, 1.54) is 4.88 Å². The van der Waals surface area contributed by atoms with E-state index in [9.17, 15) is 37.9 Å². The van der Waals surface area contributed by atoms with Gasteiger partial charge in [0.05, 0.1) is 6.54 Å². The summed E-state index contributed by atoms with van der Waals surface area (Å²) < 4.78 is 28.0. The lowest BCUT2D eigenvalue weighted by molar-refractivity contribution is -0.142. The number of benzene rings is 3. The average Bonchev–Trinajstić information content (AvgIpc) is 3.74. The molecule has 5 aromatic rings. The Labute approximate surface area is 361 Å². The first-order valence-electron chi connectivity index (χ1n) is 19.3. The van der Waals surface area contributed by atoms with Crippen molar-refractivity contribution in [2.75, 3.05) is 13.2 Å². The molecule has 14 nitrogen and oxygen atoms in total. The number of aliphatic hydroxyl groups is 1. The summed E-state index contributed by atoms with van der Waals surface area (Å²) in [4.78, 5) is 70.7. The fraction of sp³-hybridized carbons (Fsp3) is 0.244. The number of nitrogens with two attached hydrogens (primary N) is 1. The topological polar surface area (TPSA) is 222 Å². The predicted octanol–water partition coefficient (Wildman–Crippen LogP) is 4.88. The fourth-order valence-electron chi connectivity index (χ4n) is 5.73. The molecule has 2 aliphatic heterocycles. The van der Waals surface area contributed by atoms with Crippen LogP contribution in [0.1, 0.15) is 28.0 Å². The van der Waals surface area contributed by atoms with Gasteiger partial charge in [0.2, 0.25) is 17.7 Å². The van der Waals surface area contributed by atoms with E-state index in [0.717, 1.165) is 22.3 Å². The minimum absolute atomic E-state index is 0.0324. The number of amides is 4. The molecule has 7 rings (SSSR count).